The molecule has 0 unspecified atom stereocenters. The van der Waals surface area contributed by atoms with Gasteiger partial charge in [0, 0.05) is 16.8 Å². The first-order valence-electron chi connectivity index (χ1n) is 20.0. The minimum absolute atomic E-state index is 0.788. The van der Waals surface area contributed by atoms with E-state index in [0.717, 1.165) is 45.2 Å². The van der Waals surface area contributed by atoms with E-state index in [1.165, 1.54) is 50.1 Å². The second kappa shape index (κ2) is 15.9. The van der Waals surface area contributed by atoms with Gasteiger partial charge in [0.05, 0.1) is 0 Å². The van der Waals surface area contributed by atoms with Crippen molar-refractivity contribution >= 4 is 0 Å². The standard InChI is InChI=1S/C56H39N3/c1-7-21-40(22-8-1)50-39-51(53(42-25-11-3-12-26-42)54(43-27-13-4-14-28-43)52(50)41-23-9-2-10-24-41)47-33-19-31-45(37-47)46-32-20-34-48(38-46)56-58-57-55(44-29-15-5-16-30-44)59(56)49-35-17-6-18-36-49/h1-39H. The highest BCUT2D eigenvalue weighted by atomic mass is 15.3. The fourth-order valence-corrected chi connectivity index (χ4v) is 8.23. The van der Waals surface area contributed by atoms with Crippen LogP contribution in [0.1, 0.15) is 0 Å². The van der Waals surface area contributed by atoms with Gasteiger partial charge in [-0.25, -0.2) is 0 Å². The number of rotatable bonds is 9. The molecule has 3 heteroatoms. The minimum atomic E-state index is 0.788. The van der Waals surface area contributed by atoms with Crippen LogP contribution in [0, 0.1) is 0 Å². The second-order valence-electron chi connectivity index (χ2n) is 14.6. The molecule has 0 saturated heterocycles. The van der Waals surface area contributed by atoms with Crippen molar-refractivity contribution in [1.82, 2.24) is 14.8 Å². The summed E-state index contributed by atoms with van der Waals surface area (Å²) in [5.74, 6) is 1.59. The molecular weight excluding hydrogens is 715 g/mol. The van der Waals surface area contributed by atoms with Crippen molar-refractivity contribution in [2.75, 3.05) is 0 Å². The Morgan fingerprint density at radius 2 is 0.576 bits per heavy atom. The summed E-state index contributed by atoms with van der Waals surface area (Å²) in [6.45, 7) is 0. The molecule has 3 nitrogen and oxygen atoms in total. The zero-order valence-corrected chi connectivity index (χ0v) is 32.4. The van der Waals surface area contributed by atoms with Gasteiger partial charge in [-0.05, 0) is 97.1 Å². The maximum Gasteiger partial charge on any atom is 0.168 e. The molecule has 59 heavy (non-hydrogen) atoms. The summed E-state index contributed by atoms with van der Waals surface area (Å²) >= 11 is 0. The zero-order chi connectivity index (χ0) is 39.4. The van der Waals surface area contributed by atoms with Gasteiger partial charge in [0.2, 0.25) is 0 Å². The smallest absolute Gasteiger partial charge is 0.168 e. The summed E-state index contributed by atoms with van der Waals surface area (Å²) in [7, 11) is 0. The van der Waals surface area contributed by atoms with Gasteiger partial charge in [-0.2, -0.15) is 0 Å². The highest BCUT2D eigenvalue weighted by Gasteiger charge is 2.24. The van der Waals surface area contributed by atoms with Crippen LogP contribution in [0.15, 0.2) is 237 Å². The van der Waals surface area contributed by atoms with Gasteiger partial charge >= 0.3 is 0 Å². The number of hydrogen-bond donors (Lipinski definition) is 0. The lowest BCUT2D eigenvalue weighted by atomic mass is 9.78. The van der Waals surface area contributed by atoms with Crippen molar-refractivity contribution in [2.24, 2.45) is 0 Å². The maximum absolute atomic E-state index is 4.81. The van der Waals surface area contributed by atoms with Gasteiger partial charge in [-0.15, -0.1) is 10.2 Å². The second-order valence-corrected chi connectivity index (χ2v) is 14.6. The van der Waals surface area contributed by atoms with E-state index in [1.54, 1.807) is 0 Å². The minimum Gasteiger partial charge on any atom is -0.275 e. The SMILES string of the molecule is c1ccc(-c2cc(-c3cccc(-c4cccc(-c5nnc(-c6ccccc6)n5-c5ccccc5)c4)c3)c(-c3ccccc3)c(-c3ccccc3)c2-c2ccccc2)cc1. The van der Waals surface area contributed by atoms with Gasteiger partial charge in [-0.3, -0.25) is 4.57 Å². The largest absolute Gasteiger partial charge is 0.275 e. The Kier molecular flexibility index (Phi) is 9.59. The average molecular weight is 754 g/mol. The van der Waals surface area contributed by atoms with Crippen LogP contribution in [0.5, 0.6) is 0 Å². The number of benzene rings is 9. The Morgan fingerprint density at radius 3 is 1.08 bits per heavy atom. The van der Waals surface area contributed by atoms with Crippen LogP contribution in [0.2, 0.25) is 0 Å². The molecule has 1 heterocycles. The fourth-order valence-electron chi connectivity index (χ4n) is 8.23. The molecule has 0 amide bonds. The summed E-state index contributed by atoms with van der Waals surface area (Å²) in [6.07, 6.45) is 0. The van der Waals surface area contributed by atoms with Crippen LogP contribution < -0.4 is 0 Å². The van der Waals surface area contributed by atoms with E-state index in [4.69, 9.17) is 10.2 Å². The van der Waals surface area contributed by atoms with E-state index in [9.17, 15) is 0 Å². The van der Waals surface area contributed by atoms with E-state index >= 15 is 0 Å². The van der Waals surface area contributed by atoms with Crippen molar-refractivity contribution in [3.8, 4) is 95.2 Å². The van der Waals surface area contributed by atoms with Crippen molar-refractivity contribution in [3.05, 3.63) is 237 Å². The molecule has 0 aliphatic carbocycles. The van der Waals surface area contributed by atoms with Crippen molar-refractivity contribution in [1.29, 1.82) is 0 Å². The third-order valence-corrected chi connectivity index (χ3v) is 10.9. The number of nitrogens with zero attached hydrogens (tertiary/aromatic N) is 3. The molecule has 0 radical (unpaired) electrons. The molecule has 9 aromatic carbocycles. The molecule has 0 saturated carbocycles. The Hall–Kier alpha value is -7.88. The predicted molar refractivity (Wildman–Crippen MR) is 245 cm³/mol. The van der Waals surface area contributed by atoms with Crippen LogP contribution in [-0.4, -0.2) is 14.8 Å². The number of para-hydroxylation sites is 1. The summed E-state index contributed by atoms with van der Waals surface area (Å²) in [4.78, 5) is 0. The molecule has 10 aromatic rings. The van der Waals surface area contributed by atoms with E-state index in [-0.39, 0.29) is 0 Å². The first kappa shape index (κ1) is 35.5. The van der Waals surface area contributed by atoms with Crippen LogP contribution in [0.25, 0.3) is 95.2 Å². The van der Waals surface area contributed by atoms with Gasteiger partial charge < -0.3 is 0 Å². The Labute approximate surface area is 345 Å². The third kappa shape index (κ3) is 6.96. The molecule has 0 bridgehead atoms. The molecule has 10 rings (SSSR count). The molecule has 278 valence electrons. The summed E-state index contributed by atoms with van der Waals surface area (Å²) < 4.78 is 2.15. The molecule has 1 aromatic heterocycles. The van der Waals surface area contributed by atoms with Gasteiger partial charge in [0.15, 0.2) is 11.6 Å². The van der Waals surface area contributed by atoms with E-state index < -0.39 is 0 Å². The topological polar surface area (TPSA) is 30.7 Å². The van der Waals surface area contributed by atoms with Gasteiger partial charge in [-0.1, -0.05) is 206 Å². The van der Waals surface area contributed by atoms with Crippen molar-refractivity contribution in [2.45, 2.75) is 0 Å². The summed E-state index contributed by atoms with van der Waals surface area (Å²) in [5.41, 5.74) is 17.0. The Bertz CT molecular complexity index is 3000. The normalized spacial score (nSPS) is 11.1. The Balaban J connectivity index is 1.19. The molecule has 0 aliphatic heterocycles. The van der Waals surface area contributed by atoms with Crippen LogP contribution in [-0.2, 0) is 0 Å². The predicted octanol–water partition coefficient (Wildman–Crippen LogP) is 14.6. The summed E-state index contributed by atoms with van der Waals surface area (Å²) in [5, 5.41) is 9.55. The number of aromatic nitrogens is 3. The van der Waals surface area contributed by atoms with Crippen LogP contribution in [0.4, 0.5) is 0 Å². The number of hydrogen-bond acceptors (Lipinski definition) is 2. The molecule has 0 N–H and O–H groups in total. The molecule has 0 spiro atoms. The lowest BCUT2D eigenvalue weighted by molar-refractivity contribution is 1.07. The Morgan fingerprint density at radius 1 is 0.237 bits per heavy atom. The maximum atomic E-state index is 4.81. The highest BCUT2D eigenvalue weighted by molar-refractivity contribution is 6.07. The van der Waals surface area contributed by atoms with E-state index in [2.05, 4.69) is 217 Å². The fraction of sp³-hybridized carbons (Fsp3) is 0. The zero-order valence-electron chi connectivity index (χ0n) is 32.4. The molecule has 0 aliphatic rings. The molecule has 0 atom stereocenters. The summed E-state index contributed by atoms with van der Waals surface area (Å²) in [6, 6.07) is 84.0. The third-order valence-electron chi connectivity index (χ3n) is 10.9. The van der Waals surface area contributed by atoms with Crippen molar-refractivity contribution in [3.63, 3.8) is 0 Å². The first-order valence-corrected chi connectivity index (χ1v) is 20.0. The van der Waals surface area contributed by atoms with Crippen LogP contribution >= 0.6 is 0 Å². The van der Waals surface area contributed by atoms with Gasteiger partial charge in [0.25, 0.3) is 0 Å². The first-order chi connectivity index (χ1) is 29.3. The lowest BCUT2D eigenvalue weighted by Gasteiger charge is -2.24. The monoisotopic (exact) mass is 753 g/mol. The van der Waals surface area contributed by atoms with Crippen molar-refractivity contribution < 1.29 is 0 Å². The molecule has 0 fully saturated rings. The molecular formula is C56H39N3. The highest BCUT2D eigenvalue weighted by Crippen LogP contribution is 2.50. The quantitative estimate of drug-likeness (QED) is 0.147. The average Bonchev–Trinajstić information content (AvgIpc) is 3.78. The lowest BCUT2D eigenvalue weighted by Crippen LogP contribution is -2.00. The van der Waals surface area contributed by atoms with E-state index in [1.807, 2.05) is 24.3 Å². The van der Waals surface area contributed by atoms with E-state index in [0.29, 0.717) is 0 Å². The van der Waals surface area contributed by atoms with Gasteiger partial charge in [0.1, 0.15) is 0 Å². The van der Waals surface area contributed by atoms with Crippen LogP contribution in [0.3, 0.4) is 0 Å².